The SMILES string of the molecule is Nc1ccc(-c2ccc(-c3ccc(N)cc3)c(N)c2)cc1. The lowest BCUT2D eigenvalue weighted by Crippen LogP contribution is -1.92. The summed E-state index contributed by atoms with van der Waals surface area (Å²) < 4.78 is 0. The van der Waals surface area contributed by atoms with Crippen LogP contribution in [0.5, 0.6) is 0 Å². The molecule has 0 radical (unpaired) electrons. The van der Waals surface area contributed by atoms with Crippen molar-refractivity contribution in [1.29, 1.82) is 0 Å². The van der Waals surface area contributed by atoms with Crippen molar-refractivity contribution >= 4 is 17.1 Å². The monoisotopic (exact) mass is 275 g/mol. The van der Waals surface area contributed by atoms with E-state index in [1.54, 1.807) is 0 Å². The summed E-state index contributed by atoms with van der Waals surface area (Å²) in [6, 6.07) is 21.6. The molecule has 6 N–H and O–H groups in total. The lowest BCUT2D eigenvalue weighted by atomic mass is 9.98. The number of benzene rings is 3. The molecule has 0 fully saturated rings. The van der Waals surface area contributed by atoms with Gasteiger partial charge in [0.25, 0.3) is 0 Å². The predicted octanol–water partition coefficient (Wildman–Crippen LogP) is 3.77. The number of nitrogen functional groups attached to an aromatic ring is 3. The highest BCUT2D eigenvalue weighted by molar-refractivity contribution is 5.81. The zero-order valence-corrected chi connectivity index (χ0v) is 11.6. The van der Waals surface area contributed by atoms with Gasteiger partial charge >= 0.3 is 0 Å². The van der Waals surface area contributed by atoms with E-state index in [1.807, 2.05) is 60.7 Å². The van der Waals surface area contributed by atoms with Gasteiger partial charge in [0.2, 0.25) is 0 Å². The number of hydrogen-bond acceptors (Lipinski definition) is 3. The van der Waals surface area contributed by atoms with Crippen molar-refractivity contribution in [2.45, 2.75) is 0 Å². The normalized spacial score (nSPS) is 10.5. The Hall–Kier alpha value is -2.94. The second kappa shape index (κ2) is 5.21. The zero-order valence-electron chi connectivity index (χ0n) is 11.6. The van der Waals surface area contributed by atoms with E-state index in [1.165, 1.54) is 0 Å². The fourth-order valence-electron chi connectivity index (χ4n) is 2.34. The molecule has 0 bridgehead atoms. The maximum atomic E-state index is 6.20. The Kier molecular flexibility index (Phi) is 3.24. The molecule has 0 amide bonds. The van der Waals surface area contributed by atoms with Crippen molar-refractivity contribution in [3.8, 4) is 22.3 Å². The van der Waals surface area contributed by atoms with Gasteiger partial charge in [-0.2, -0.15) is 0 Å². The first-order valence-corrected chi connectivity index (χ1v) is 6.75. The van der Waals surface area contributed by atoms with Crippen LogP contribution in [0.15, 0.2) is 66.7 Å². The van der Waals surface area contributed by atoms with Gasteiger partial charge in [0, 0.05) is 22.6 Å². The van der Waals surface area contributed by atoms with Crippen LogP contribution in [0, 0.1) is 0 Å². The van der Waals surface area contributed by atoms with Crippen LogP contribution < -0.4 is 17.2 Å². The molecule has 3 aromatic rings. The summed E-state index contributed by atoms with van der Waals surface area (Å²) in [5, 5.41) is 0. The van der Waals surface area contributed by atoms with Crippen molar-refractivity contribution in [1.82, 2.24) is 0 Å². The lowest BCUT2D eigenvalue weighted by molar-refractivity contribution is 1.58. The number of nitrogens with two attached hydrogens (primary N) is 3. The van der Waals surface area contributed by atoms with Gasteiger partial charge in [0.15, 0.2) is 0 Å². The molecule has 21 heavy (non-hydrogen) atoms. The summed E-state index contributed by atoms with van der Waals surface area (Å²) in [6.45, 7) is 0. The first-order chi connectivity index (χ1) is 10.1. The Morgan fingerprint density at radius 2 is 0.952 bits per heavy atom. The van der Waals surface area contributed by atoms with Gasteiger partial charge in [-0.05, 0) is 47.0 Å². The second-order valence-electron chi connectivity index (χ2n) is 5.05. The van der Waals surface area contributed by atoms with Crippen LogP contribution in [-0.4, -0.2) is 0 Å². The molecule has 0 aromatic heterocycles. The molecule has 0 heterocycles. The Bertz CT molecular complexity index is 759. The van der Waals surface area contributed by atoms with Crippen molar-refractivity contribution < 1.29 is 0 Å². The van der Waals surface area contributed by atoms with Gasteiger partial charge in [0.05, 0.1) is 0 Å². The Morgan fingerprint density at radius 3 is 1.48 bits per heavy atom. The maximum absolute atomic E-state index is 6.20. The summed E-state index contributed by atoms with van der Waals surface area (Å²) >= 11 is 0. The molecule has 3 rings (SSSR count). The summed E-state index contributed by atoms with van der Waals surface area (Å²) in [5.74, 6) is 0. The summed E-state index contributed by atoms with van der Waals surface area (Å²) in [5.41, 5.74) is 24.1. The van der Waals surface area contributed by atoms with E-state index in [2.05, 4.69) is 6.07 Å². The van der Waals surface area contributed by atoms with E-state index in [0.717, 1.165) is 39.3 Å². The third-order valence-corrected chi connectivity index (χ3v) is 3.52. The third kappa shape index (κ3) is 2.67. The average molecular weight is 275 g/mol. The Labute approximate surface area is 124 Å². The quantitative estimate of drug-likeness (QED) is 0.623. The van der Waals surface area contributed by atoms with Crippen LogP contribution in [0.1, 0.15) is 0 Å². The van der Waals surface area contributed by atoms with Crippen LogP contribution in [0.4, 0.5) is 17.1 Å². The number of hydrogen-bond donors (Lipinski definition) is 3. The zero-order chi connectivity index (χ0) is 14.8. The largest absolute Gasteiger partial charge is 0.399 e. The van der Waals surface area contributed by atoms with E-state index in [0.29, 0.717) is 0 Å². The molecular weight excluding hydrogens is 258 g/mol. The molecule has 0 atom stereocenters. The van der Waals surface area contributed by atoms with Gasteiger partial charge in [-0.1, -0.05) is 36.4 Å². The van der Waals surface area contributed by atoms with Gasteiger partial charge < -0.3 is 17.2 Å². The Morgan fingerprint density at radius 1 is 0.476 bits per heavy atom. The van der Waals surface area contributed by atoms with Crippen molar-refractivity contribution in [2.24, 2.45) is 0 Å². The topological polar surface area (TPSA) is 78.1 Å². The molecule has 0 aliphatic rings. The third-order valence-electron chi connectivity index (χ3n) is 3.52. The number of rotatable bonds is 2. The maximum Gasteiger partial charge on any atom is 0.0399 e. The molecule has 3 nitrogen and oxygen atoms in total. The lowest BCUT2D eigenvalue weighted by Gasteiger charge is -2.09. The van der Waals surface area contributed by atoms with Crippen LogP contribution in [0.3, 0.4) is 0 Å². The van der Waals surface area contributed by atoms with E-state index in [9.17, 15) is 0 Å². The fraction of sp³-hybridized carbons (Fsp3) is 0. The van der Waals surface area contributed by atoms with Gasteiger partial charge in [-0.15, -0.1) is 0 Å². The van der Waals surface area contributed by atoms with E-state index < -0.39 is 0 Å². The number of anilines is 3. The van der Waals surface area contributed by atoms with Crippen LogP contribution >= 0.6 is 0 Å². The molecule has 0 aliphatic carbocycles. The van der Waals surface area contributed by atoms with Gasteiger partial charge in [-0.3, -0.25) is 0 Å². The minimum absolute atomic E-state index is 0.745. The van der Waals surface area contributed by atoms with Gasteiger partial charge in [0.1, 0.15) is 0 Å². The van der Waals surface area contributed by atoms with Crippen LogP contribution in [0.2, 0.25) is 0 Å². The first kappa shape index (κ1) is 13.1. The highest BCUT2D eigenvalue weighted by Crippen LogP contribution is 2.31. The average Bonchev–Trinajstić information content (AvgIpc) is 2.49. The molecule has 0 saturated carbocycles. The molecular formula is C18H17N3. The molecule has 0 aliphatic heterocycles. The van der Waals surface area contributed by atoms with Crippen molar-refractivity contribution in [3.63, 3.8) is 0 Å². The van der Waals surface area contributed by atoms with E-state index in [4.69, 9.17) is 17.2 Å². The predicted molar refractivity (Wildman–Crippen MR) is 90.6 cm³/mol. The minimum Gasteiger partial charge on any atom is -0.399 e. The first-order valence-electron chi connectivity index (χ1n) is 6.75. The molecule has 0 spiro atoms. The molecule has 3 heteroatoms. The molecule has 0 saturated heterocycles. The van der Waals surface area contributed by atoms with E-state index in [-0.39, 0.29) is 0 Å². The van der Waals surface area contributed by atoms with Crippen molar-refractivity contribution in [3.05, 3.63) is 66.7 Å². The molecule has 104 valence electrons. The smallest absolute Gasteiger partial charge is 0.0399 e. The minimum atomic E-state index is 0.745. The fourth-order valence-corrected chi connectivity index (χ4v) is 2.34. The standard InChI is InChI=1S/C18H17N3/c19-15-6-1-12(2-7-15)14-5-10-17(18(21)11-14)13-3-8-16(20)9-4-13/h1-11H,19-21H2. The van der Waals surface area contributed by atoms with Crippen LogP contribution in [-0.2, 0) is 0 Å². The van der Waals surface area contributed by atoms with Gasteiger partial charge in [-0.25, -0.2) is 0 Å². The summed E-state index contributed by atoms with van der Waals surface area (Å²) in [4.78, 5) is 0. The highest BCUT2D eigenvalue weighted by Gasteiger charge is 2.05. The van der Waals surface area contributed by atoms with E-state index >= 15 is 0 Å². The molecule has 0 unspecified atom stereocenters. The Balaban J connectivity index is 1.99. The summed E-state index contributed by atoms with van der Waals surface area (Å²) in [7, 11) is 0. The molecule has 3 aromatic carbocycles. The second-order valence-corrected chi connectivity index (χ2v) is 5.05. The summed E-state index contributed by atoms with van der Waals surface area (Å²) in [6.07, 6.45) is 0. The van der Waals surface area contributed by atoms with Crippen LogP contribution in [0.25, 0.3) is 22.3 Å². The van der Waals surface area contributed by atoms with Crippen molar-refractivity contribution in [2.75, 3.05) is 17.2 Å². The highest BCUT2D eigenvalue weighted by atomic mass is 14.6.